The first-order chi connectivity index (χ1) is 29.1. The molecule has 2 fully saturated rings. The van der Waals surface area contributed by atoms with Crippen molar-refractivity contribution in [3.8, 4) is 45.1 Å². The van der Waals surface area contributed by atoms with Crippen LogP contribution in [0.4, 0.5) is 9.59 Å². The van der Waals surface area contributed by atoms with Crippen LogP contribution in [-0.4, -0.2) is 85.1 Å². The van der Waals surface area contributed by atoms with Gasteiger partial charge in [-0.3, -0.25) is 9.59 Å². The molecule has 0 bridgehead atoms. The van der Waals surface area contributed by atoms with Crippen molar-refractivity contribution in [3.63, 3.8) is 0 Å². The molecule has 4 atom stereocenters. The molecule has 9 rings (SSSR count). The standard InChI is InChI=1S/C44H46N8O8/c1-23(2)37(49-43(55)56)41(53)51-13-7-11-31(51)39-45-19-29(47-39)25-15-27-21-60-34-18-26(16-28-22-59-33(17-25)35(27)36(28)34)30-20-46-40(48-30)32-12-8-14-52(32)42(54)38(50-44(57)58-3)24-9-5-4-6-10-24/h4-6,9-10,15-20,23,31-32,37-38,49H,7-8,11-14,21-22H2,1-3H3,(H,45,47)(H,46,48)(H,50,57)(H,55,56)/t31-,32-,37?,38?/m0/s1. The lowest BCUT2D eigenvalue weighted by molar-refractivity contribution is -0.135. The predicted octanol–water partition coefficient (Wildman–Crippen LogP) is 6.64. The summed E-state index contributed by atoms with van der Waals surface area (Å²) in [6.45, 7) is 5.35. The summed E-state index contributed by atoms with van der Waals surface area (Å²) in [5, 5.41) is 14.5. The summed E-state index contributed by atoms with van der Waals surface area (Å²) in [5.74, 6) is 2.10. The smallest absolute Gasteiger partial charge is 0.407 e. The SMILES string of the molecule is COC(=O)NC(C(=O)N1CCC[C@H]1c1ncc(-c2cc3c4c(c2)OCc2cc(-c5cnc([C@@H]6CCCN6C(=O)C(NC(=O)O)C(C)C)[nH]5)cc(c2-4)OC3)[nH]1)c1ccccc1. The average Bonchev–Trinajstić information content (AvgIpc) is 4.10. The van der Waals surface area contributed by atoms with Crippen molar-refractivity contribution in [3.05, 3.63) is 95.3 Å². The highest BCUT2D eigenvalue weighted by atomic mass is 16.5. The maximum absolute atomic E-state index is 14.0. The molecule has 0 spiro atoms. The molecule has 2 aromatic heterocycles. The summed E-state index contributed by atoms with van der Waals surface area (Å²) >= 11 is 0. The average molecular weight is 815 g/mol. The van der Waals surface area contributed by atoms with Gasteiger partial charge in [0, 0.05) is 46.5 Å². The summed E-state index contributed by atoms with van der Waals surface area (Å²) < 4.78 is 17.7. The van der Waals surface area contributed by atoms with Gasteiger partial charge < -0.3 is 49.7 Å². The highest BCUT2D eigenvalue weighted by Crippen LogP contribution is 2.51. The molecule has 0 aliphatic carbocycles. The molecule has 2 saturated heterocycles. The minimum Gasteiger partial charge on any atom is -0.488 e. The molecule has 5 N–H and O–H groups in total. The number of benzene rings is 3. The number of alkyl carbamates (subject to hydrolysis) is 1. The Morgan fingerprint density at radius 3 is 1.82 bits per heavy atom. The lowest BCUT2D eigenvalue weighted by Crippen LogP contribution is -2.50. The van der Waals surface area contributed by atoms with E-state index in [1.165, 1.54) is 7.11 Å². The van der Waals surface area contributed by atoms with Crippen molar-refractivity contribution in [2.24, 2.45) is 5.92 Å². The highest BCUT2D eigenvalue weighted by molar-refractivity contribution is 5.89. The Bertz CT molecular complexity index is 2430. The van der Waals surface area contributed by atoms with Crippen LogP contribution >= 0.6 is 0 Å². The molecular weight excluding hydrogens is 769 g/mol. The molecule has 4 aliphatic rings. The van der Waals surface area contributed by atoms with Crippen LogP contribution in [0.15, 0.2) is 67.0 Å². The number of nitrogens with zero attached hydrogens (tertiary/aromatic N) is 4. The van der Waals surface area contributed by atoms with Gasteiger partial charge >= 0.3 is 12.2 Å². The van der Waals surface area contributed by atoms with Crippen LogP contribution < -0.4 is 20.1 Å². The summed E-state index contributed by atoms with van der Waals surface area (Å²) in [6, 6.07) is 15.0. The van der Waals surface area contributed by atoms with Crippen LogP contribution in [0.3, 0.4) is 0 Å². The maximum Gasteiger partial charge on any atom is 0.407 e. The predicted molar refractivity (Wildman–Crippen MR) is 218 cm³/mol. The second kappa shape index (κ2) is 15.7. The molecule has 60 heavy (non-hydrogen) atoms. The van der Waals surface area contributed by atoms with Gasteiger partial charge in [0.2, 0.25) is 5.91 Å². The fourth-order valence-electron chi connectivity index (χ4n) is 9.03. The number of rotatable bonds is 10. The fourth-order valence-corrected chi connectivity index (χ4v) is 9.03. The minimum absolute atomic E-state index is 0.210. The van der Waals surface area contributed by atoms with Crippen LogP contribution in [0.5, 0.6) is 11.5 Å². The molecule has 4 amide bonds. The van der Waals surface area contributed by atoms with E-state index in [1.54, 1.807) is 22.2 Å². The van der Waals surface area contributed by atoms with E-state index >= 15 is 0 Å². The Labute approximate surface area is 345 Å². The van der Waals surface area contributed by atoms with Gasteiger partial charge in [-0.2, -0.15) is 0 Å². The number of ether oxygens (including phenoxy) is 3. The van der Waals surface area contributed by atoms with E-state index in [0.29, 0.717) is 49.9 Å². The Kier molecular flexibility index (Phi) is 10.1. The van der Waals surface area contributed by atoms with E-state index in [1.807, 2.05) is 56.3 Å². The largest absolute Gasteiger partial charge is 0.488 e. The van der Waals surface area contributed by atoms with Gasteiger partial charge in [0.25, 0.3) is 5.91 Å². The van der Waals surface area contributed by atoms with Crippen molar-refractivity contribution in [1.82, 2.24) is 40.4 Å². The molecule has 3 aromatic carbocycles. The molecule has 310 valence electrons. The summed E-state index contributed by atoms with van der Waals surface area (Å²) in [7, 11) is 1.27. The first kappa shape index (κ1) is 38.7. The summed E-state index contributed by atoms with van der Waals surface area (Å²) in [6.07, 6.45) is 4.64. The fraction of sp³-hybridized carbons (Fsp3) is 0.364. The minimum atomic E-state index is -1.23. The number of imidazole rings is 2. The Morgan fingerprint density at radius 1 is 0.783 bits per heavy atom. The molecule has 5 aromatic rings. The van der Waals surface area contributed by atoms with Gasteiger partial charge in [0.05, 0.1) is 43.0 Å². The molecule has 2 unspecified atom stereocenters. The molecule has 4 aliphatic heterocycles. The van der Waals surface area contributed by atoms with Gasteiger partial charge in [-0.25, -0.2) is 19.6 Å². The molecule has 0 saturated carbocycles. The van der Waals surface area contributed by atoms with Crippen molar-refractivity contribution in [1.29, 1.82) is 0 Å². The number of likely N-dealkylation sites (tertiary alicyclic amines) is 2. The van der Waals surface area contributed by atoms with E-state index in [2.05, 4.69) is 32.7 Å². The van der Waals surface area contributed by atoms with Crippen LogP contribution in [0, 0.1) is 5.92 Å². The van der Waals surface area contributed by atoms with Crippen LogP contribution in [0.2, 0.25) is 0 Å². The van der Waals surface area contributed by atoms with Crippen molar-refractivity contribution >= 4 is 24.0 Å². The van der Waals surface area contributed by atoms with E-state index in [-0.39, 0.29) is 29.8 Å². The van der Waals surface area contributed by atoms with Crippen molar-refractivity contribution < 1.29 is 38.5 Å². The number of aromatic nitrogens is 4. The number of carboxylic acid groups (broad SMARTS) is 1. The zero-order valence-electron chi connectivity index (χ0n) is 33.5. The van der Waals surface area contributed by atoms with E-state index in [0.717, 1.165) is 75.5 Å². The monoisotopic (exact) mass is 814 g/mol. The third-order valence-corrected chi connectivity index (χ3v) is 11.9. The zero-order chi connectivity index (χ0) is 41.7. The number of aromatic amines is 2. The van der Waals surface area contributed by atoms with Crippen molar-refractivity contribution in [2.45, 2.75) is 76.9 Å². The third kappa shape index (κ3) is 7.05. The Balaban J connectivity index is 0.946. The molecule has 0 radical (unpaired) electrons. The highest BCUT2D eigenvalue weighted by Gasteiger charge is 2.39. The lowest BCUT2D eigenvalue weighted by atomic mass is 9.87. The number of carbonyl (C=O) groups is 4. The first-order valence-corrected chi connectivity index (χ1v) is 20.3. The quantitative estimate of drug-likeness (QED) is 0.102. The number of nitrogens with one attached hydrogen (secondary N) is 4. The Morgan fingerprint density at radius 2 is 1.32 bits per heavy atom. The first-order valence-electron chi connectivity index (χ1n) is 20.3. The number of methoxy groups -OCH3 is 1. The summed E-state index contributed by atoms with van der Waals surface area (Å²) in [4.78, 5) is 71.1. The van der Waals surface area contributed by atoms with Crippen LogP contribution in [0.1, 0.15) is 86.0 Å². The molecule has 6 heterocycles. The second-order valence-corrected chi connectivity index (χ2v) is 16.0. The van der Waals surface area contributed by atoms with Crippen LogP contribution in [0.25, 0.3) is 33.6 Å². The third-order valence-electron chi connectivity index (χ3n) is 11.9. The van der Waals surface area contributed by atoms with Gasteiger partial charge in [-0.05, 0) is 61.4 Å². The second-order valence-electron chi connectivity index (χ2n) is 16.0. The molecule has 16 heteroatoms. The van der Waals surface area contributed by atoms with Crippen LogP contribution in [-0.2, 0) is 27.5 Å². The number of hydrogen-bond donors (Lipinski definition) is 5. The van der Waals surface area contributed by atoms with Gasteiger partial charge in [-0.15, -0.1) is 0 Å². The Hall–Kier alpha value is -6.84. The maximum atomic E-state index is 14.0. The van der Waals surface area contributed by atoms with E-state index in [4.69, 9.17) is 24.2 Å². The number of hydrogen-bond acceptors (Lipinski definition) is 9. The number of H-pyrrole nitrogens is 2. The normalized spacial score (nSPS) is 18.6. The zero-order valence-corrected chi connectivity index (χ0v) is 33.5. The number of carbonyl (C=O) groups excluding carboxylic acids is 3. The van der Waals surface area contributed by atoms with Crippen molar-refractivity contribution in [2.75, 3.05) is 20.2 Å². The van der Waals surface area contributed by atoms with Gasteiger partial charge in [-0.1, -0.05) is 44.2 Å². The van der Waals surface area contributed by atoms with E-state index < -0.39 is 24.3 Å². The summed E-state index contributed by atoms with van der Waals surface area (Å²) in [5.41, 5.74) is 7.90. The lowest BCUT2D eigenvalue weighted by Gasteiger charge is -2.30. The van der Waals surface area contributed by atoms with Gasteiger partial charge in [0.1, 0.15) is 48.4 Å². The van der Waals surface area contributed by atoms with E-state index in [9.17, 15) is 24.3 Å². The topological polar surface area (TPSA) is 204 Å². The molecule has 16 nitrogen and oxygen atoms in total. The molecular formula is C44H46N8O8. The van der Waals surface area contributed by atoms with Gasteiger partial charge in [0.15, 0.2) is 0 Å². The number of amides is 4.